The maximum atomic E-state index is 12.3. The van der Waals surface area contributed by atoms with Gasteiger partial charge in [0, 0.05) is 23.5 Å². The number of aryl methyl sites for hydroxylation is 2. The van der Waals surface area contributed by atoms with Crippen LogP contribution < -0.4 is 10.3 Å². The molecule has 1 saturated heterocycles. The van der Waals surface area contributed by atoms with Crippen LogP contribution in [0.5, 0.6) is 0 Å². The van der Waals surface area contributed by atoms with Crippen molar-refractivity contribution in [3.05, 3.63) is 51.7 Å². The maximum absolute atomic E-state index is 12.3. The van der Waals surface area contributed by atoms with Gasteiger partial charge in [0.05, 0.1) is 12.1 Å². The Morgan fingerprint density at radius 3 is 2.88 bits per heavy atom. The molecule has 24 heavy (non-hydrogen) atoms. The van der Waals surface area contributed by atoms with Gasteiger partial charge in [0.25, 0.3) is 0 Å². The van der Waals surface area contributed by atoms with Gasteiger partial charge in [-0.25, -0.2) is 5.43 Å². The summed E-state index contributed by atoms with van der Waals surface area (Å²) < 4.78 is 0. The number of carbonyl (C=O) groups is 2. The Hall–Kier alpha value is -2.47. The summed E-state index contributed by atoms with van der Waals surface area (Å²) in [4.78, 5) is 27.1. The van der Waals surface area contributed by atoms with E-state index in [4.69, 9.17) is 0 Å². The van der Waals surface area contributed by atoms with Crippen LogP contribution >= 0.6 is 11.3 Å². The fourth-order valence-electron chi connectivity index (χ4n) is 2.64. The zero-order chi connectivity index (χ0) is 17.1. The van der Waals surface area contributed by atoms with E-state index in [1.165, 1.54) is 5.56 Å². The number of carbonyl (C=O) groups excluding carboxylic acids is 2. The summed E-state index contributed by atoms with van der Waals surface area (Å²) in [5.74, 6) is -0.622. The van der Waals surface area contributed by atoms with Gasteiger partial charge in [0.2, 0.25) is 11.8 Å². The topological polar surface area (TPSA) is 61.8 Å². The van der Waals surface area contributed by atoms with Gasteiger partial charge in [-0.2, -0.15) is 5.10 Å². The standard InChI is InChI=1S/C18H19N3O2S/c1-12-5-6-15(8-13(12)2)21-11-14(9-17(21)22)18(23)20-19-10-16-4-3-7-24-16/h3-8,10,14H,9,11H2,1-2H3,(H,20,23)/b19-10-/t14-/m1/s1. The van der Waals surface area contributed by atoms with Crippen molar-refractivity contribution in [2.75, 3.05) is 11.4 Å². The Morgan fingerprint density at radius 2 is 2.17 bits per heavy atom. The summed E-state index contributed by atoms with van der Waals surface area (Å²) in [6, 6.07) is 9.75. The van der Waals surface area contributed by atoms with E-state index in [1.807, 2.05) is 49.6 Å². The minimum Gasteiger partial charge on any atom is -0.312 e. The number of rotatable bonds is 4. The Bertz CT molecular complexity index is 784. The van der Waals surface area contributed by atoms with E-state index >= 15 is 0 Å². The number of hydrogen-bond acceptors (Lipinski definition) is 4. The third kappa shape index (κ3) is 3.54. The molecular weight excluding hydrogens is 322 g/mol. The Morgan fingerprint density at radius 1 is 1.33 bits per heavy atom. The lowest BCUT2D eigenvalue weighted by Gasteiger charge is -2.17. The van der Waals surface area contributed by atoms with Gasteiger partial charge < -0.3 is 4.90 Å². The Labute approximate surface area is 145 Å². The smallest absolute Gasteiger partial charge is 0.245 e. The molecule has 3 rings (SSSR count). The van der Waals surface area contributed by atoms with Crippen molar-refractivity contribution in [3.8, 4) is 0 Å². The molecule has 0 radical (unpaired) electrons. The van der Waals surface area contributed by atoms with E-state index in [0.717, 1.165) is 16.1 Å². The first-order valence-corrected chi connectivity index (χ1v) is 8.66. The molecule has 0 unspecified atom stereocenters. The lowest BCUT2D eigenvalue weighted by atomic mass is 10.1. The minimum atomic E-state index is -0.375. The van der Waals surface area contributed by atoms with Crippen LogP contribution in [0, 0.1) is 19.8 Å². The van der Waals surface area contributed by atoms with E-state index in [2.05, 4.69) is 10.5 Å². The molecule has 1 aromatic heterocycles. The van der Waals surface area contributed by atoms with E-state index < -0.39 is 0 Å². The molecule has 6 heteroatoms. The average molecular weight is 341 g/mol. The van der Waals surface area contributed by atoms with Crippen LogP contribution in [0.3, 0.4) is 0 Å². The molecule has 2 heterocycles. The molecule has 0 saturated carbocycles. The fraction of sp³-hybridized carbons (Fsp3) is 0.278. The number of hydrogen-bond donors (Lipinski definition) is 1. The second-order valence-electron chi connectivity index (χ2n) is 5.92. The van der Waals surface area contributed by atoms with Gasteiger partial charge in [-0.1, -0.05) is 12.1 Å². The van der Waals surface area contributed by atoms with Crippen molar-refractivity contribution < 1.29 is 9.59 Å². The zero-order valence-corrected chi connectivity index (χ0v) is 14.5. The van der Waals surface area contributed by atoms with Gasteiger partial charge in [-0.3, -0.25) is 9.59 Å². The second-order valence-corrected chi connectivity index (χ2v) is 6.90. The molecule has 1 aromatic carbocycles. The zero-order valence-electron chi connectivity index (χ0n) is 13.7. The number of thiophene rings is 1. The number of amides is 2. The van der Waals surface area contributed by atoms with Crippen LogP contribution in [-0.4, -0.2) is 24.6 Å². The van der Waals surface area contributed by atoms with E-state index in [1.54, 1.807) is 22.5 Å². The minimum absolute atomic E-state index is 0.0272. The van der Waals surface area contributed by atoms with Crippen LogP contribution in [0.4, 0.5) is 5.69 Å². The number of benzene rings is 1. The van der Waals surface area contributed by atoms with Crippen LogP contribution in [-0.2, 0) is 9.59 Å². The second kappa shape index (κ2) is 6.97. The van der Waals surface area contributed by atoms with E-state index in [9.17, 15) is 9.59 Å². The molecule has 1 aliphatic rings. The number of nitrogens with zero attached hydrogens (tertiary/aromatic N) is 2. The van der Waals surface area contributed by atoms with Gasteiger partial charge in [0.15, 0.2) is 0 Å². The lowest BCUT2D eigenvalue weighted by Crippen LogP contribution is -2.30. The summed E-state index contributed by atoms with van der Waals surface area (Å²) in [6.07, 6.45) is 1.83. The summed E-state index contributed by atoms with van der Waals surface area (Å²) in [7, 11) is 0. The van der Waals surface area contributed by atoms with E-state index in [0.29, 0.717) is 6.54 Å². The largest absolute Gasteiger partial charge is 0.312 e. The first kappa shape index (κ1) is 16.4. The highest BCUT2D eigenvalue weighted by molar-refractivity contribution is 7.11. The molecule has 0 bridgehead atoms. The average Bonchev–Trinajstić information content (AvgIpc) is 3.20. The highest BCUT2D eigenvalue weighted by atomic mass is 32.1. The fourth-order valence-corrected chi connectivity index (χ4v) is 3.23. The summed E-state index contributed by atoms with van der Waals surface area (Å²) in [6.45, 7) is 4.44. The predicted octanol–water partition coefficient (Wildman–Crippen LogP) is 2.87. The Balaban J connectivity index is 1.63. The van der Waals surface area contributed by atoms with Gasteiger partial charge in [-0.15, -0.1) is 11.3 Å². The third-order valence-corrected chi connectivity index (χ3v) is 5.01. The van der Waals surface area contributed by atoms with Gasteiger partial charge >= 0.3 is 0 Å². The van der Waals surface area contributed by atoms with Crippen LogP contribution in [0.2, 0.25) is 0 Å². The lowest BCUT2D eigenvalue weighted by molar-refractivity contribution is -0.126. The first-order valence-electron chi connectivity index (χ1n) is 7.78. The SMILES string of the molecule is Cc1ccc(N2C[C@H](C(=O)N/N=C\c3cccs3)CC2=O)cc1C. The number of nitrogens with one attached hydrogen (secondary N) is 1. The van der Waals surface area contributed by atoms with Crippen molar-refractivity contribution in [1.29, 1.82) is 0 Å². The van der Waals surface area contributed by atoms with Crippen LogP contribution in [0.1, 0.15) is 22.4 Å². The molecule has 5 nitrogen and oxygen atoms in total. The van der Waals surface area contributed by atoms with Gasteiger partial charge in [-0.05, 0) is 48.6 Å². The molecule has 0 aliphatic carbocycles. The quantitative estimate of drug-likeness (QED) is 0.686. The summed E-state index contributed by atoms with van der Waals surface area (Å²) >= 11 is 1.54. The molecule has 1 atom stereocenters. The monoisotopic (exact) mass is 341 g/mol. The maximum Gasteiger partial charge on any atom is 0.245 e. The summed E-state index contributed by atoms with van der Waals surface area (Å²) in [5.41, 5.74) is 5.70. The van der Waals surface area contributed by atoms with Gasteiger partial charge in [0.1, 0.15) is 0 Å². The highest BCUT2D eigenvalue weighted by Gasteiger charge is 2.35. The van der Waals surface area contributed by atoms with Crippen molar-refractivity contribution >= 4 is 35.1 Å². The molecule has 1 N–H and O–H groups in total. The predicted molar refractivity (Wildman–Crippen MR) is 96.4 cm³/mol. The molecule has 1 fully saturated rings. The Kier molecular flexibility index (Phi) is 4.76. The van der Waals surface area contributed by atoms with Crippen molar-refractivity contribution in [1.82, 2.24) is 5.43 Å². The molecule has 1 aliphatic heterocycles. The normalized spacial score (nSPS) is 17.7. The molecule has 2 aromatic rings. The highest BCUT2D eigenvalue weighted by Crippen LogP contribution is 2.26. The number of hydrazone groups is 1. The molecule has 2 amide bonds. The van der Waals surface area contributed by atoms with Crippen LogP contribution in [0.25, 0.3) is 0 Å². The van der Waals surface area contributed by atoms with Crippen molar-refractivity contribution in [2.45, 2.75) is 20.3 Å². The van der Waals surface area contributed by atoms with Crippen molar-refractivity contribution in [2.24, 2.45) is 11.0 Å². The van der Waals surface area contributed by atoms with Crippen LogP contribution in [0.15, 0.2) is 40.8 Å². The molecule has 0 spiro atoms. The molecule has 124 valence electrons. The summed E-state index contributed by atoms with van der Waals surface area (Å²) in [5, 5.41) is 5.91. The molecular formula is C18H19N3O2S. The first-order chi connectivity index (χ1) is 11.5. The number of anilines is 1. The van der Waals surface area contributed by atoms with Crippen molar-refractivity contribution in [3.63, 3.8) is 0 Å². The van der Waals surface area contributed by atoms with E-state index in [-0.39, 0.29) is 24.2 Å². The third-order valence-electron chi connectivity index (χ3n) is 4.21.